The lowest BCUT2D eigenvalue weighted by Crippen LogP contribution is -2.42. The number of pyridine rings is 1. The summed E-state index contributed by atoms with van der Waals surface area (Å²) in [7, 11) is 0. The van der Waals surface area contributed by atoms with Crippen LogP contribution in [0, 0.1) is 5.92 Å². The largest absolute Gasteiger partial charge is 0.381 e. The third-order valence-electron chi connectivity index (χ3n) is 4.52. The minimum atomic E-state index is 0.132. The maximum absolute atomic E-state index is 12.3. The number of anilines is 1. The Morgan fingerprint density at radius 3 is 2.82 bits per heavy atom. The fraction of sp³-hybridized carbons (Fsp3) is 0.529. The van der Waals surface area contributed by atoms with Gasteiger partial charge in [-0.3, -0.25) is 9.78 Å². The zero-order valence-electron chi connectivity index (χ0n) is 12.8. The molecular formula is C17H24N4O. The lowest BCUT2D eigenvalue weighted by molar-refractivity contribution is -0.132. The van der Waals surface area contributed by atoms with E-state index in [4.69, 9.17) is 5.73 Å². The lowest BCUT2D eigenvalue weighted by Gasteiger charge is -2.33. The highest BCUT2D eigenvalue weighted by Gasteiger charge is 2.25. The van der Waals surface area contributed by atoms with Gasteiger partial charge in [-0.15, -0.1) is 0 Å². The van der Waals surface area contributed by atoms with Crippen LogP contribution in [-0.4, -0.2) is 41.0 Å². The summed E-state index contributed by atoms with van der Waals surface area (Å²) >= 11 is 0. The Bertz CT molecular complexity index is 523. The molecule has 1 aliphatic heterocycles. The number of amides is 1. The summed E-state index contributed by atoms with van der Waals surface area (Å²) in [5.74, 6) is 0.595. The summed E-state index contributed by atoms with van der Waals surface area (Å²) in [5.41, 5.74) is 6.90. The molecule has 3 rings (SSSR count). The zero-order chi connectivity index (χ0) is 15.4. The summed E-state index contributed by atoms with van der Waals surface area (Å²) in [6, 6.07) is 4.52. The molecule has 2 aliphatic rings. The van der Waals surface area contributed by atoms with Crippen molar-refractivity contribution in [2.45, 2.75) is 37.8 Å². The SMILES string of the molecule is N[C@@H]1C=C[C@H](CC(=O)N2CCC(Nc3cccnc3)CC2)C1. The second kappa shape index (κ2) is 6.92. The van der Waals surface area contributed by atoms with Crippen molar-refractivity contribution in [2.24, 2.45) is 11.7 Å². The Morgan fingerprint density at radius 2 is 2.18 bits per heavy atom. The van der Waals surface area contributed by atoms with Crippen molar-refractivity contribution >= 4 is 11.6 Å². The molecule has 1 saturated heterocycles. The standard InChI is InChI=1S/C17H24N4O/c18-14-4-3-13(10-14)11-17(22)21-8-5-15(6-9-21)20-16-2-1-7-19-12-16/h1-4,7,12-15,20H,5-6,8-11,18H2/t13-,14+/m0/s1. The van der Waals surface area contributed by atoms with Crippen LogP contribution in [-0.2, 0) is 4.79 Å². The fourth-order valence-electron chi connectivity index (χ4n) is 3.27. The molecule has 2 heterocycles. The molecule has 5 nitrogen and oxygen atoms in total. The quantitative estimate of drug-likeness (QED) is 0.832. The number of allylic oxidation sites excluding steroid dienone is 1. The number of hydrogen-bond acceptors (Lipinski definition) is 4. The number of carbonyl (C=O) groups excluding carboxylic acids is 1. The van der Waals surface area contributed by atoms with Crippen LogP contribution in [0.3, 0.4) is 0 Å². The molecule has 5 heteroatoms. The summed E-state index contributed by atoms with van der Waals surface area (Å²) in [5, 5.41) is 3.49. The van der Waals surface area contributed by atoms with Crippen LogP contribution in [0.4, 0.5) is 5.69 Å². The van der Waals surface area contributed by atoms with Gasteiger partial charge in [0.1, 0.15) is 0 Å². The number of aromatic nitrogens is 1. The second-order valence-electron chi connectivity index (χ2n) is 6.29. The fourth-order valence-corrected chi connectivity index (χ4v) is 3.27. The molecular weight excluding hydrogens is 276 g/mol. The summed E-state index contributed by atoms with van der Waals surface area (Å²) < 4.78 is 0. The predicted octanol–water partition coefficient (Wildman–Crippen LogP) is 1.78. The van der Waals surface area contributed by atoms with Crippen LogP contribution in [0.25, 0.3) is 0 Å². The lowest BCUT2D eigenvalue weighted by atomic mass is 10.0. The summed E-state index contributed by atoms with van der Waals surface area (Å²) in [6.07, 6.45) is 11.2. The van der Waals surface area contributed by atoms with Crippen molar-refractivity contribution in [3.05, 3.63) is 36.7 Å². The van der Waals surface area contributed by atoms with Gasteiger partial charge < -0.3 is 16.0 Å². The van der Waals surface area contributed by atoms with E-state index >= 15 is 0 Å². The number of nitrogens with zero attached hydrogens (tertiary/aromatic N) is 2. The number of carbonyl (C=O) groups is 1. The van der Waals surface area contributed by atoms with Gasteiger partial charge in [0.2, 0.25) is 5.91 Å². The monoisotopic (exact) mass is 300 g/mol. The van der Waals surface area contributed by atoms with Crippen LogP contribution in [0.1, 0.15) is 25.7 Å². The smallest absolute Gasteiger partial charge is 0.223 e. The predicted molar refractivity (Wildman–Crippen MR) is 87.3 cm³/mol. The molecule has 1 aromatic heterocycles. The van der Waals surface area contributed by atoms with Crippen molar-refractivity contribution in [1.29, 1.82) is 0 Å². The van der Waals surface area contributed by atoms with Crippen LogP contribution in [0.15, 0.2) is 36.7 Å². The minimum Gasteiger partial charge on any atom is -0.381 e. The Balaban J connectivity index is 1.43. The average molecular weight is 300 g/mol. The van der Waals surface area contributed by atoms with E-state index in [9.17, 15) is 4.79 Å². The first kappa shape index (κ1) is 15.0. The van der Waals surface area contributed by atoms with Crippen LogP contribution >= 0.6 is 0 Å². The van der Waals surface area contributed by atoms with Gasteiger partial charge in [0.25, 0.3) is 0 Å². The maximum Gasteiger partial charge on any atom is 0.223 e. The van der Waals surface area contributed by atoms with Crippen LogP contribution in [0.5, 0.6) is 0 Å². The third kappa shape index (κ3) is 3.85. The first-order valence-corrected chi connectivity index (χ1v) is 8.09. The maximum atomic E-state index is 12.3. The van der Waals surface area contributed by atoms with E-state index in [-0.39, 0.29) is 11.9 Å². The van der Waals surface area contributed by atoms with Crippen molar-refractivity contribution in [1.82, 2.24) is 9.88 Å². The highest BCUT2D eigenvalue weighted by atomic mass is 16.2. The number of likely N-dealkylation sites (tertiary alicyclic amines) is 1. The molecule has 118 valence electrons. The van der Waals surface area contributed by atoms with Gasteiger partial charge >= 0.3 is 0 Å². The minimum absolute atomic E-state index is 0.132. The Labute approximate surface area is 131 Å². The Kier molecular flexibility index (Phi) is 4.73. The molecule has 1 fully saturated rings. The van der Waals surface area contributed by atoms with Crippen LogP contribution < -0.4 is 11.1 Å². The molecule has 0 radical (unpaired) electrons. The summed E-state index contributed by atoms with van der Waals surface area (Å²) in [6.45, 7) is 1.67. The van der Waals surface area contributed by atoms with Gasteiger partial charge in [0, 0.05) is 44.0 Å². The molecule has 0 spiro atoms. The highest BCUT2D eigenvalue weighted by molar-refractivity contribution is 5.77. The summed E-state index contributed by atoms with van der Waals surface area (Å²) in [4.78, 5) is 18.5. The topological polar surface area (TPSA) is 71.2 Å². The first-order chi connectivity index (χ1) is 10.7. The molecule has 0 bridgehead atoms. The highest BCUT2D eigenvalue weighted by Crippen LogP contribution is 2.22. The third-order valence-corrected chi connectivity index (χ3v) is 4.52. The van der Waals surface area contributed by atoms with E-state index in [0.29, 0.717) is 18.4 Å². The van der Waals surface area contributed by atoms with Gasteiger partial charge in [-0.1, -0.05) is 12.2 Å². The zero-order valence-corrected chi connectivity index (χ0v) is 12.8. The van der Waals surface area contributed by atoms with Crippen LogP contribution in [0.2, 0.25) is 0 Å². The van der Waals surface area contributed by atoms with Crippen molar-refractivity contribution in [3.8, 4) is 0 Å². The Morgan fingerprint density at radius 1 is 1.36 bits per heavy atom. The van der Waals surface area contributed by atoms with E-state index in [0.717, 1.165) is 38.0 Å². The van der Waals surface area contributed by atoms with Gasteiger partial charge in [-0.25, -0.2) is 0 Å². The second-order valence-corrected chi connectivity index (χ2v) is 6.29. The molecule has 0 saturated carbocycles. The number of nitrogens with one attached hydrogen (secondary N) is 1. The molecule has 22 heavy (non-hydrogen) atoms. The molecule has 0 aromatic carbocycles. The molecule has 0 unspecified atom stereocenters. The van der Waals surface area contributed by atoms with Gasteiger partial charge in [-0.2, -0.15) is 0 Å². The van der Waals surface area contributed by atoms with Crippen molar-refractivity contribution in [2.75, 3.05) is 18.4 Å². The Hall–Kier alpha value is -1.88. The van der Waals surface area contributed by atoms with E-state index < -0.39 is 0 Å². The number of hydrogen-bond donors (Lipinski definition) is 2. The molecule has 2 atom stereocenters. The normalized spacial score (nSPS) is 25.4. The van der Waals surface area contributed by atoms with E-state index in [1.54, 1.807) is 6.20 Å². The van der Waals surface area contributed by atoms with Gasteiger partial charge in [-0.05, 0) is 37.3 Å². The van der Waals surface area contributed by atoms with E-state index in [1.165, 1.54) is 0 Å². The molecule has 3 N–H and O–H groups in total. The molecule has 1 aliphatic carbocycles. The van der Waals surface area contributed by atoms with E-state index in [2.05, 4.69) is 16.4 Å². The number of piperidine rings is 1. The van der Waals surface area contributed by atoms with E-state index in [1.807, 2.05) is 29.3 Å². The molecule has 1 amide bonds. The number of nitrogens with two attached hydrogens (primary N) is 1. The number of rotatable bonds is 4. The first-order valence-electron chi connectivity index (χ1n) is 8.09. The van der Waals surface area contributed by atoms with Gasteiger partial charge in [0.15, 0.2) is 0 Å². The van der Waals surface area contributed by atoms with Gasteiger partial charge in [0.05, 0.1) is 5.69 Å². The average Bonchev–Trinajstić information content (AvgIpc) is 2.94. The van der Waals surface area contributed by atoms with Crippen molar-refractivity contribution < 1.29 is 4.79 Å². The molecule has 1 aromatic rings. The van der Waals surface area contributed by atoms with Crippen molar-refractivity contribution in [3.63, 3.8) is 0 Å².